The van der Waals surface area contributed by atoms with E-state index >= 15 is 0 Å². The number of piperidine rings is 1. The SMILES string of the molecule is CC1CCN(Cc2cncc(-c3ccc4[nH]nc(C(=O)Nc5cnccn5)c4c3)c2)CC1. The summed E-state index contributed by atoms with van der Waals surface area (Å²) in [6.45, 7) is 5.51. The van der Waals surface area contributed by atoms with E-state index in [0.717, 1.165) is 47.6 Å². The fourth-order valence-corrected chi connectivity index (χ4v) is 4.12. The third-order valence-electron chi connectivity index (χ3n) is 5.99. The molecule has 5 rings (SSSR count). The summed E-state index contributed by atoms with van der Waals surface area (Å²) in [6, 6.07) is 8.13. The highest BCUT2D eigenvalue weighted by molar-refractivity contribution is 6.11. The number of benzene rings is 1. The molecule has 0 radical (unpaired) electrons. The van der Waals surface area contributed by atoms with E-state index in [2.05, 4.69) is 48.4 Å². The largest absolute Gasteiger partial charge is 0.304 e. The van der Waals surface area contributed by atoms with Crippen molar-refractivity contribution in [1.29, 1.82) is 0 Å². The first-order valence-electron chi connectivity index (χ1n) is 10.9. The van der Waals surface area contributed by atoms with Gasteiger partial charge < -0.3 is 5.32 Å². The van der Waals surface area contributed by atoms with Crippen LogP contribution < -0.4 is 5.32 Å². The van der Waals surface area contributed by atoms with Gasteiger partial charge in [-0.3, -0.25) is 24.8 Å². The lowest BCUT2D eigenvalue weighted by Crippen LogP contribution is -2.32. The highest BCUT2D eigenvalue weighted by Crippen LogP contribution is 2.27. The van der Waals surface area contributed by atoms with Crippen LogP contribution >= 0.6 is 0 Å². The summed E-state index contributed by atoms with van der Waals surface area (Å²) in [6.07, 6.45) is 10.9. The fraction of sp³-hybridized carbons (Fsp3) is 0.292. The molecule has 32 heavy (non-hydrogen) atoms. The van der Waals surface area contributed by atoms with Crippen molar-refractivity contribution in [3.63, 3.8) is 0 Å². The molecule has 1 aromatic carbocycles. The number of fused-ring (bicyclic) bond motifs is 1. The van der Waals surface area contributed by atoms with E-state index in [1.165, 1.54) is 30.8 Å². The van der Waals surface area contributed by atoms with Crippen molar-refractivity contribution in [2.75, 3.05) is 18.4 Å². The monoisotopic (exact) mass is 427 g/mol. The molecular weight excluding hydrogens is 402 g/mol. The number of carbonyl (C=O) groups excluding carboxylic acids is 1. The quantitative estimate of drug-likeness (QED) is 0.501. The van der Waals surface area contributed by atoms with E-state index in [1.807, 2.05) is 30.6 Å². The Bertz CT molecular complexity index is 1230. The van der Waals surface area contributed by atoms with E-state index < -0.39 is 0 Å². The van der Waals surface area contributed by atoms with E-state index in [0.29, 0.717) is 11.5 Å². The second-order valence-electron chi connectivity index (χ2n) is 8.42. The van der Waals surface area contributed by atoms with Gasteiger partial charge in [0.25, 0.3) is 5.91 Å². The summed E-state index contributed by atoms with van der Waals surface area (Å²) in [7, 11) is 0. The Morgan fingerprint density at radius 3 is 2.78 bits per heavy atom. The zero-order valence-electron chi connectivity index (χ0n) is 18.0. The van der Waals surface area contributed by atoms with Gasteiger partial charge in [-0.05, 0) is 61.2 Å². The average molecular weight is 428 g/mol. The van der Waals surface area contributed by atoms with Crippen molar-refractivity contribution >= 4 is 22.6 Å². The van der Waals surface area contributed by atoms with Gasteiger partial charge in [-0.1, -0.05) is 13.0 Å². The number of likely N-dealkylation sites (tertiary alicyclic amines) is 1. The minimum absolute atomic E-state index is 0.319. The number of amides is 1. The molecule has 8 nitrogen and oxygen atoms in total. The molecule has 0 unspecified atom stereocenters. The Labute approximate surface area is 186 Å². The van der Waals surface area contributed by atoms with Gasteiger partial charge in [-0.25, -0.2) is 4.98 Å². The Hall–Kier alpha value is -3.65. The second kappa shape index (κ2) is 8.84. The van der Waals surface area contributed by atoms with Crippen LogP contribution in [0.25, 0.3) is 22.0 Å². The average Bonchev–Trinajstić information content (AvgIpc) is 3.25. The molecule has 0 atom stereocenters. The van der Waals surface area contributed by atoms with Crippen LogP contribution in [0.15, 0.2) is 55.2 Å². The number of anilines is 1. The summed E-state index contributed by atoms with van der Waals surface area (Å²) in [5.74, 6) is 0.867. The van der Waals surface area contributed by atoms with Crippen molar-refractivity contribution in [3.8, 4) is 11.1 Å². The molecule has 0 bridgehead atoms. The van der Waals surface area contributed by atoms with E-state index in [-0.39, 0.29) is 5.91 Å². The van der Waals surface area contributed by atoms with Gasteiger partial charge in [0.05, 0.1) is 11.7 Å². The number of rotatable bonds is 5. The van der Waals surface area contributed by atoms with Gasteiger partial charge in [0.15, 0.2) is 11.5 Å². The molecule has 0 saturated carbocycles. The summed E-state index contributed by atoms with van der Waals surface area (Å²) in [5, 5.41) is 10.6. The molecule has 1 amide bonds. The predicted molar refractivity (Wildman–Crippen MR) is 123 cm³/mol. The van der Waals surface area contributed by atoms with Crippen LogP contribution in [0, 0.1) is 5.92 Å². The Kier molecular flexibility index (Phi) is 5.60. The predicted octanol–water partition coefficient (Wildman–Crippen LogP) is 3.90. The van der Waals surface area contributed by atoms with Gasteiger partial charge in [0.1, 0.15) is 0 Å². The second-order valence-corrected chi connectivity index (χ2v) is 8.42. The van der Waals surface area contributed by atoms with Crippen molar-refractivity contribution in [3.05, 3.63) is 66.5 Å². The van der Waals surface area contributed by atoms with E-state index in [9.17, 15) is 4.79 Å². The molecule has 1 fully saturated rings. The van der Waals surface area contributed by atoms with Crippen LogP contribution in [-0.2, 0) is 6.54 Å². The van der Waals surface area contributed by atoms with E-state index in [4.69, 9.17) is 0 Å². The van der Waals surface area contributed by atoms with Gasteiger partial charge >= 0.3 is 0 Å². The third kappa shape index (κ3) is 4.36. The zero-order valence-corrected chi connectivity index (χ0v) is 18.0. The molecule has 0 aliphatic carbocycles. The number of nitrogens with one attached hydrogen (secondary N) is 2. The molecule has 162 valence electrons. The topological polar surface area (TPSA) is 99.7 Å². The van der Waals surface area contributed by atoms with Crippen LogP contribution in [0.5, 0.6) is 0 Å². The Balaban J connectivity index is 1.39. The van der Waals surface area contributed by atoms with Gasteiger partial charge in [-0.2, -0.15) is 5.10 Å². The number of aromatic amines is 1. The van der Waals surface area contributed by atoms with Crippen LogP contribution in [0.2, 0.25) is 0 Å². The molecule has 1 aliphatic heterocycles. The van der Waals surface area contributed by atoms with Crippen molar-refractivity contribution < 1.29 is 4.79 Å². The normalized spacial score (nSPS) is 15.2. The van der Waals surface area contributed by atoms with Crippen LogP contribution in [0.3, 0.4) is 0 Å². The molecular formula is C24H25N7O. The zero-order chi connectivity index (χ0) is 21.9. The summed E-state index contributed by atoms with van der Waals surface area (Å²) in [4.78, 5) is 27.8. The fourth-order valence-electron chi connectivity index (χ4n) is 4.12. The minimum Gasteiger partial charge on any atom is -0.304 e. The van der Waals surface area contributed by atoms with Crippen LogP contribution in [0.4, 0.5) is 5.82 Å². The molecule has 3 aromatic heterocycles. The third-order valence-corrected chi connectivity index (χ3v) is 5.99. The number of hydrogen-bond acceptors (Lipinski definition) is 6. The summed E-state index contributed by atoms with van der Waals surface area (Å²) < 4.78 is 0. The lowest BCUT2D eigenvalue weighted by molar-refractivity contribution is 0.102. The first kappa shape index (κ1) is 20.3. The molecule has 4 heterocycles. The summed E-state index contributed by atoms with van der Waals surface area (Å²) in [5.41, 5.74) is 4.33. The number of hydrogen-bond donors (Lipinski definition) is 2. The number of carbonyl (C=O) groups is 1. The van der Waals surface area contributed by atoms with Crippen LogP contribution in [-0.4, -0.2) is 49.0 Å². The van der Waals surface area contributed by atoms with E-state index in [1.54, 1.807) is 6.20 Å². The lowest BCUT2D eigenvalue weighted by Gasteiger charge is -2.30. The molecule has 8 heteroatoms. The van der Waals surface area contributed by atoms with Crippen molar-refractivity contribution in [1.82, 2.24) is 30.0 Å². The smallest absolute Gasteiger partial charge is 0.277 e. The highest BCUT2D eigenvalue weighted by atomic mass is 16.2. The number of nitrogens with zero attached hydrogens (tertiary/aromatic N) is 5. The van der Waals surface area contributed by atoms with Crippen molar-refractivity contribution in [2.45, 2.75) is 26.3 Å². The highest BCUT2D eigenvalue weighted by Gasteiger charge is 2.17. The maximum atomic E-state index is 12.8. The molecule has 4 aromatic rings. The van der Waals surface area contributed by atoms with Crippen molar-refractivity contribution in [2.24, 2.45) is 5.92 Å². The van der Waals surface area contributed by atoms with Crippen LogP contribution in [0.1, 0.15) is 35.8 Å². The Morgan fingerprint density at radius 2 is 1.97 bits per heavy atom. The van der Waals surface area contributed by atoms with Gasteiger partial charge in [-0.15, -0.1) is 0 Å². The van der Waals surface area contributed by atoms with Gasteiger partial charge in [0.2, 0.25) is 0 Å². The first-order chi connectivity index (χ1) is 15.7. The molecule has 1 aliphatic rings. The number of H-pyrrole nitrogens is 1. The molecule has 0 spiro atoms. The maximum Gasteiger partial charge on any atom is 0.277 e. The molecule has 2 N–H and O–H groups in total. The van der Waals surface area contributed by atoms with Gasteiger partial charge in [0, 0.05) is 42.3 Å². The number of pyridine rings is 1. The molecule has 1 saturated heterocycles. The maximum absolute atomic E-state index is 12.8. The lowest BCUT2D eigenvalue weighted by atomic mass is 9.98. The minimum atomic E-state index is -0.333. The number of aromatic nitrogens is 5. The standard InChI is InChI=1S/C24H25N7O/c1-16-4-8-31(9-5-16)15-17-10-19(13-26-12-17)18-2-3-21-20(11-18)23(30-29-21)24(32)28-22-14-25-6-7-27-22/h2-3,6-7,10-14,16H,4-5,8-9,15H2,1H3,(H,29,30)(H,27,28,32). The first-order valence-corrected chi connectivity index (χ1v) is 10.9. The summed E-state index contributed by atoms with van der Waals surface area (Å²) >= 11 is 0. The Morgan fingerprint density at radius 1 is 1.09 bits per heavy atom.